The van der Waals surface area contributed by atoms with Crippen LogP contribution in [0.1, 0.15) is 45.4 Å². The highest BCUT2D eigenvalue weighted by atomic mass is 16.4. The number of urea groups is 1. The Morgan fingerprint density at radius 2 is 1.95 bits per heavy atom. The van der Waals surface area contributed by atoms with Crippen LogP contribution in [0.25, 0.3) is 0 Å². The fourth-order valence-corrected chi connectivity index (χ4v) is 2.67. The Bertz CT molecular complexity index is 316. The number of hydrogen-bond donors (Lipinski definition) is 3. The van der Waals surface area contributed by atoms with Gasteiger partial charge in [0.1, 0.15) is 0 Å². The van der Waals surface area contributed by atoms with Crippen LogP contribution < -0.4 is 5.32 Å². The standard InChI is InChI=1S/C14H26N2O4/c1-2-11(13(18)19)10-15-14(20)16(8-9-17)12-6-4-3-5-7-12/h11-12,17H,2-10H2,1H3,(H,15,20)(H,18,19). The highest BCUT2D eigenvalue weighted by molar-refractivity contribution is 5.76. The number of aliphatic hydroxyl groups excluding tert-OH is 1. The maximum absolute atomic E-state index is 12.2. The number of aliphatic carboxylic acids is 1. The second-order valence-electron chi connectivity index (χ2n) is 5.34. The summed E-state index contributed by atoms with van der Waals surface area (Å²) in [5.41, 5.74) is 0. The number of aliphatic hydroxyl groups is 1. The molecular formula is C14H26N2O4. The number of carbonyl (C=O) groups is 2. The van der Waals surface area contributed by atoms with Crippen molar-refractivity contribution in [3.8, 4) is 0 Å². The van der Waals surface area contributed by atoms with Gasteiger partial charge in [-0.1, -0.05) is 26.2 Å². The van der Waals surface area contributed by atoms with Crippen molar-refractivity contribution in [1.82, 2.24) is 10.2 Å². The van der Waals surface area contributed by atoms with Gasteiger partial charge in [0.05, 0.1) is 12.5 Å². The van der Waals surface area contributed by atoms with Crippen LogP contribution in [0.4, 0.5) is 4.79 Å². The normalized spacial score (nSPS) is 17.5. The van der Waals surface area contributed by atoms with Crippen LogP contribution in [-0.4, -0.2) is 52.9 Å². The fourth-order valence-electron chi connectivity index (χ4n) is 2.67. The molecule has 1 rings (SSSR count). The summed E-state index contributed by atoms with van der Waals surface area (Å²) in [6, 6.07) is -0.0912. The van der Waals surface area contributed by atoms with E-state index < -0.39 is 11.9 Å². The van der Waals surface area contributed by atoms with Gasteiger partial charge in [0, 0.05) is 19.1 Å². The van der Waals surface area contributed by atoms with Gasteiger partial charge in [-0.3, -0.25) is 4.79 Å². The van der Waals surface area contributed by atoms with E-state index in [-0.39, 0.29) is 25.2 Å². The lowest BCUT2D eigenvalue weighted by atomic mass is 9.94. The summed E-state index contributed by atoms with van der Waals surface area (Å²) in [4.78, 5) is 24.8. The number of carboxylic acids is 1. The van der Waals surface area contributed by atoms with Crippen molar-refractivity contribution in [2.75, 3.05) is 19.7 Å². The first kappa shape index (κ1) is 16.8. The average molecular weight is 286 g/mol. The van der Waals surface area contributed by atoms with E-state index in [1.54, 1.807) is 11.8 Å². The van der Waals surface area contributed by atoms with Crippen LogP contribution >= 0.6 is 0 Å². The van der Waals surface area contributed by atoms with Crippen molar-refractivity contribution < 1.29 is 19.8 Å². The van der Waals surface area contributed by atoms with Crippen LogP contribution in [0.15, 0.2) is 0 Å². The molecule has 0 aromatic heterocycles. The van der Waals surface area contributed by atoms with Crippen molar-refractivity contribution in [2.24, 2.45) is 5.92 Å². The maximum Gasteiger partial charge on any atom is 0.317 e. The zero-order valence-corrected chi connectivity index (χ0v) is 12.2. The molecule has 116 valence electrons. The highest BCUT2D eigenvalue weighted by Gasteiger charge is 2.26. The van der Waals surface area contributed by atoms with Crippen molar-refractivity contribution in [3.05, 3.63) is 0 Å². The molecule has 1 atom stereocenters. The monoisotopic (exact) mass is 286 g/mol. The van der Waals surface area contributed by atoms with Crippen molar-refractivity contribution >= 4 is 12.0 Å². The highest BCUT2D eigenvalue weighted by Crippen LogP contribution is 2.22. The van der Waals surface area contributed by atoms with Crippen LogP contribution in [0.5, 0.6) is 0 Å². The molecule has 3 N–H and O–H groups in total. The minimum Gasteiger partial charge on any atom is -0.481 e. The van der Waals surface area contributed by atoms with E-state index in [9.17, 15) is 9.59 Å². The van der Waals surface area contributed by atoms with E-state index in [1.807, 2.05) is 0 Å². The van der Waals surface area contributed by atoms with Crippen LogP contribution in [0.2, 0.25) is 0 Å². The molecule has 1 aliphatic rings. The molecule has 0 spiro atoms. The van der Waals surface area contributed by atoms with Crippen LogP contribution in [-0.2, 0) is 4.79 Å². The topological polar surface area (TPSA) is 89.9 Å². The zero-order valence-electron chi connectivity index (χ0n) is 12.2. The Kier molecular flexibility index (Phi) is 7.36. The second kappa shape index (κ2) is 8.79. The van der Waals surface area contributed by atoms with Gasteiger partial charge in [-0.05, 0) is 19.3 Å². The van der Waals surface area contributed by atoms with Gasteiger partial charge in [-0.25, -0.2) is 4.79 Å². The first-order valence-corrected chi connectivity index (χ1v) is 7.48. The molecule has 1 saturated carbocycles. The first-order chi connectivity index (χ1) is 9.60. The van der Waals surface area contributed by atoms with Gasteiger partial charge >= 0.3 is 12.0 Å². The summed E-state index contributed by atoms with van der Waals surface area (Å²) in [7, 11) is 0. The van der Waals surface area contributed by atoms with Gasteiger partial charge in [0.25, 0.3) is 0 Å². The van der Waals surface area contributed by atoms with E-state index in [2.05, 4.69) is 5.32 Å². The summed E-state index contributed by atoms with van der Waals surface area (Å²) in [5.74, 6) is -1.44. The summed E-state index contributed by atoms with van der Waals surface area (Å²) >= 11 is 0. The molecule has 6 nitrogen and oxygen atoms in total. The Hall–Kier alpha value is -1.30. The number of carbonyl (C=O) groups excluding carboxylic acids is 1. The second-order valence-corrected chi connectivity index (χ2v) is 5.34. The van der Waals surface area contributed by atoms with Crippen molar-refractivity contribution in [1.29, 1.82) is 0 Å². The third-order valence-electron chi connectivity index (χ3n) is 3.96. The summed E-state index contributed by atoms with van der Waals surface area (Å²) < 4.78 is 0. The summed E-state index contributed by atoms with van der Waals surface area (Å²) in [6.45, 7) is 2.16. The Labute approximate surface area is 120 Å². The molecule has 0 aromatic rings. The largest absolute Gasteiger partial charge is 0.481 e. The molecule has 20 heavy (non-hydrogen) atoms. The lowest BCUT2D eigenvalue weighted by Gasteiger charge is -2.34. The van der Waals surface area contributed by atoms with E-state index in [1.165, 1.54) is 6.42 Å². The molecule has 1 fully saturated rings. The van der Waals surface area contributed by atoms with Crippen molar-refractivity contribution in [3.63, 3.8) is 0 Å². The predicted octanol–water partition coefficient (Wildman–Crippen LogP) is 1.43. The quantitative estimate of drug-likeness (QED) is 0.660. The van der Waals surface area contributed by atoms with Gasteiger partial charge < -0.3 is 20.4 Å². The number of carboxylic acid groups (broad SMARTS) is 1. The molecule has 0 aromatic carbocycles. The van der Waals surface area contributed by atoms with Gasteiger partial charge in [-0.2, -0.15) is 0 Å². The van der Waals surface area contributed by atoms with E-state index in [0.717, 1.165) is 25.7 Å². The Morgan fingerprint density at radius 3 is 2.45 bits per heavy atom. The van der Waals surface area contributed by atoms with Crippen LogP contribution in [0.3, 0.4) is 0 Å². The number of nitrogens with one attached hydrogen (secondary N) is 1. The van der Waals surface area contributed by atoms with Crippen LogP contribution in [0, 0.1) is 5.92 Å². The molecule has 0 bridgehead atoms. The molecule has 2 amide bonds. The smallest absolute Gasteiger partial charge is 0.317 e. The molecule has 6 heteroatoms. The number of amides is 2. The van der Waals surface area contributed by atoms with Gasteiger partial charge in [-0.15, -0.1) is 0 Å². The Balaban J connectivity index is 2.52. The fraction of sp³-hybridized carbons (Fsp3) is 0.857. The minimum absolute atomic E-state index is 0.0694. The predicted molar refractivity (Wildman–Crippen MR) is 75.5 cm³/mol. The van der Waals surface area contributed by atoms with E-state index >= 15 is 0 Å². The molecule has 1 unspecified atom stereocenters. The minimum atomic E-state index is -0.890. The number of hydrogen-bond acceptors (Lipinski definition) is 3. The molecule has 1 aliphatic carbocycles. The Morgan fingerprint density at radius 1 is 1.30 bits per heavy atom. The first-order valence-electron chi connectivity index (χ1n) is 7.48. The van der Waals surface area contributed by atoms with Gasteiger partial charge in [0.15, 0.2) is 0 Å². The SMILES string of the molecule is CCC(CNC(=O)N(CCO)C1CCCCC1)C(=O)O. The lowest BCUT2D eigenvalue weighted by Crippen LogP contribution is -2.49. The maximum atomic E-state index is 12.2. The number of nitrogens with zero attached hydrogens (tertiary/aromatic N) is 1. The summed E-state index contributed by atoms with van der Waals surface area (Å²) in [5, 5.41) is 20.8. The van der Waals surface area contributed by atoms with E-state index in [0.29, 0.717) is 13.0 Å². The van der Waals surface area contributed by atoms with E-state index in [4.69, 9.17) is 10.2 Å². The number of rotatable bonds is 7. The summed E-state index contributed by atoms with van der Waals surface area (Å²) in [6.07, 6.45) is 5.81. The molecular weight excluding hydrogens is 260 g/mol. The molecule has 0 saturated heterocycles. The molecule has 0 radical (unpaired) electrons. The molecule has 0 aliphatic heterocycles. The molecule has 0 heterocycles. The van der Waals surface area contributed by atoms with Gasteiger partial charge in [0.2, 0.25) is 0 Å². The average Bonchev–Trinajstić information content (AvgIpc) is 2.45. The zero-order chi connectivity index (χ0) is 15.0. The van der Waals surface area contributed by atoms with Crippen molar-refractivity contribution in [2.45, 2.75) is 51.5 Å². The third kappa shape index (κ3) is 5.00. The lowest BCUT2D eigenvalue weighted by molar-refractivity contribution is -0.141. The third-order valence-corrected chi connectivity index (χ3v) is 3.96.